The third-order valence-electron chi connectivity index (χ3n) is 5.76. The van der Waals surface area contributed by atoms with Crippen molar-refractivity contribution in [2.45, 2.75) is 53.5 Å². The minimum absolute atomic E-state index is 0.412. The molecule has 3 rings (SSSR count). The molecule has 0 amide bonds. The second kappa shape index (κ2) is 5.10. The van der Waals surface area contributed by atoms with Gasteiger partial charge in [0.25, 0.3) is 0 Å². The summed E-state index contributed by atoms with van der Waals surface area (Å²) in [6.45, 7) is 13.0. The number of hydrogen-bond donors (Lipinski definition) is 1. The lowest BCUT2D eigenvalue weighted by Crippen LogP contribution is -2.36. The Hall–Kier alpha value is -0.870. The number of rotatable bonds is 6. The lowest BCUT2D eigenvalue weighted by atomic mass is 9.99. The highest BCUT2D eigenvalue weighted by molar-refractivity contribution is 7.15. The van der Waals surface area contributed by atoms with Gasteiger partial charge in [0.1, 0.15) is 0 Å². The van der Waals surface area contributed by atoms with E-state index in [0.717, 1.165) is 23.8 Å². The number of aromatic nitrogens is 2. The topological polar surface area (TPSA) is 29.3 Å². The van der Waals surface area contributed by atoms with Crippen LogP contribution in [0.3, 0.4) is 0 Å². The summed E-state index contributed by atoms with van der Waals surface area (Å²) in [4.78, 5) is 5.87. The van der Waals surface area contributed by atoms with Crippen LogP contribution in [0.15, 0.2) is 17.8 Å². The van der Waals surface area contributed by atoms with Gasteiger partial charge >= 0.3 is 0 Å². The Morgan fingerprint density at radius 1 is 1.33 bits per heavy atom. The molecular formula is C17H27N3S. The van der Waals surface area contributed by atoms with Gasteiger partial charge in [0.15, 0.2) is 4.96 Å². The normalized spacial score (nSPS) is 21.8. The Kier molecular flexibility index (Phi) is 3.65. The van der Waals surface area contributed by atoms with Crippen LogP contribution in [0.5, 0.6) is 0 Å². The van der Waals surface area contributed by atoms with Crippen LogP contribution in [-0.4, -0.2) is 22.0 Å². The van der Waals surface area contributed by atoms with Crippen molar-refractivity contribution in [3.8, 4) is 0 Å². The van der Waals surface area contributed by atoms with Crippen molar-refractivity contribution in [1.29, 1.82) is 0 Å². The maximum atomic E-state index is 4.77. The highest BCUT2D eigenvalue weighted by Crippen LogP contribution is 2.69. The van der Waals surface area contributed by atoms with Gasteiger partial charge in [0.2, 0.25) is 0 Å². The van der Waals surface area contributed by atoms with Crippen LogP contribution >= 0.6 is 11.3 Å². The molecule has 0 bridgehead atoms. The van der Waals surface area contributed by atoms with Gasteiger partial charge in [0.05, 0.1) is 5.69 Å². The molecule has 2 aromatic rings. The van der Waals surface area contributed by atoms with E-state index < -0.39 is 0 Å². The van der Waals surface area contributed by atoms with Gasteiger partial charge in [-0.3, -0.25) is 4.40 Å². The summed E-state index contributed by atoms with van der Waals surface area (Å²) in [5.74, 6) is 0.719. The van der Waals surface area contributed by atoms with Crippen molar-refractivity contribution in [1.82, 2.24) is 14.7 Å². The van der Waals surface area contributed by atoms with Gasteiger partial charge in [-0.05, 0) is 29.7 Å². The van der Waals surface area contributed by atoms with Crippen molar-refractivity contribution in [3.05, 3.63) is 23.5 Å². The van der Waals surface area contributed by atoms with E-state index in [1.165, 1.54) is 12.1 Å². The number of thiazole rings is 1. The van der Waals surface area contributed by atoms with E-state index in [-0.39, 0.29) is 0 Å². The molecule has 1 aliphatic carbocycles. The molecule has 4 heteroatoms. The molecule has 116 valence electrons. The molecule has 0 saturated heterocycles. The SMILES string of the molecule is CCCNC(Cc1cn2ccsc2n1)C1C(C)(C)C1(C)C. The standard InChI is InChI=1S/C17H27N3S/c1-6-7-18-13(14-16(2,3)17(14,4)5)10-12-11-20-8-9-21-15(20)19-12/h8-9,11,13-14,18H,6-7,10H2,1-5H3. The Morgan fingerprint density at radius 2 is 2.05 bits per heavy atom. The maximum Gasteiger partial charge on any atom is 0.193 e. The highest BCUT2D eigenvalue weighted by Gasteiger charge is 2.66. The number of fused-ring (bicyclic) bond motifs is 1. The molecule has 3 nitrogen and oxygen atoms in total. The van der Waals surface area contributed by atoms with Crippen molar-refractivity contribution in [2.24, 2.45) is 16.7 Å². The van der Waals surface area contributed by atoms with Crippen molar-refractivity contribution in [3.63, 3.8) is 0 Å². The minimum atomic E-state index is 0.412. The monoisotopic (exact) mass is 305 g/mol. The predicted octanol–water partition coefficient (Wildman–Crippen LogP) is 3.99. The van der Waals surface area contributed by atoms with Crippen molar-refractivity contribution in [2.75, 3.05) is 6.54 Å². The lowest BCUT2D eigenvalue weighted by Gasteiger charge is -2.20. The molecule has 2 aromatic heterocycles. The summed E-state index contributed by atoms with van der Waals surface area (Å²) in [6, 6.07) is 0.527. The molecule has 0 spiro atoms. The Labute approximate surface area is 131 Å². The first-order valence-corrected chi connectivity index (χ1v) is 8.90. The van der Waals surface area contributed by atoms with E-state index in [9.17, 15) is 0 Å². The van der Waals surface area contributed by atoms with Crippen LogP contribution in [-0.2, 0) is 6.42 Å². The smallest absolute Gasteiger partial charge is 0.193 e. The first-order valence-electron chi connectivity index (χ1n) is 8.02. The maximum absolute atomic E-state index is 4.77. The summed E-state index contributed by atoms with van der Waals surface area (Å²) in [6.07, 6.45) is 6.50. The molecule has 1 unspecified atom stereocenters. The zero-order valence-electron chi connectivity index (χ0n) is 13.8. The zero-order chi connectivity index (χ0) is 15.3. The zero-order valence-corrected chi connectivity index (χ0v) is 14.6. The molecule has 1 aliphatic rings. The van der Waals surface area contributed by atoms with Crippen molar-refractivity contribution < 1.29 is 0 Å². The Bertz CT molecular complexity index is 580. The van der Waals surface area contributed by atoms with Gasteiger partial charge < -0.3 is 5.32 Å². The summed E-state index contributed by atoms with van der Waals surface area (Å²) < 4.78 is 2.14. The van der Waals surface area contributed by atoms with E-state index in [1.807, 2.05) is 0 Å². The quantitative estimate of drug-likeness (QED) is 0.874. The average Bonchev–Trinajstić information content (AvgIpc) is 2.82. The lowest BCUT2D eigenvalue weighted by molar-refractivity contribution is 0.393. The summed E-state index contributed by atoms with van der Waals surface area (Å²) in [7, 11) is 0. The highest BCUT2D eigenvalue weighted by atomic mass is 32.1. The third-order valence-corrected chi connectivity index (χ3v) is 6.53. The fraction of sp³-hybridized carbons (Fsp3) is 0.706. The predicted molar refractivity (Wildman–Crippen MR) is 89.9 cm³/mol. The molecule has 1 fully saturated rings. The van der Waals surface area contributed by atoms with Gasteiger partial charge in [-0.15, -0.1) is 11.3 Å². The molecule has 2 heterocycles. The summed E-state index contributed by atoms with van der Waals surface area (Å²) in [5, 5.41) is 5.87. The van der Waals surface area contributed by atoms with E-state index in [1.54, 1.807) is 11.3 Å². The second-order valence-electron chi connectivity index (χ2n) is 7.51. The molecule has 1 atom stereocenters. The molecule has 21 heavy (non-hydrogen) atoms. The van der Waals surface area contributed by atoms with E-state index in [0.29, 0.717) is 16.9 Å². The number of nitrogens with one attached hydrogen (secondary N) is 1. The molecular weight excluding hydrogens is 278 g/mol. The Balaban J connectivity index is 1.78. The first kappa shape index (κ1) is 15.0. The van der Waals surface area contributed by atoms with Crippen LogP contribution in [0.1, 0.15) is 46.7 Å². The van der Waals surface area contributed by atoms with E-state index >= 15 is 0 Å². The fourth-order valence-electron chi connectivity index (χ4n) is 3.99. The van der Waals surface area contributed by atoms with Gasteiger partial charge in [-0.2, -0.15) is 0 Å². The van der Waals surface area contributed by atoms with Crippen LogP contribution in [0.2, 0.25) is 0 Å². The molecule has 1 saturated carbocycles. The average molecular weight is 305 g/mol. The molecule has 1 N–H and O–H groups in total. The molecule has 0 radical (unpaired) electrons. The van der Waals surface area contributed by atoms with Crippen LogP contribution in [0.25, 0.3) is 4.96 Å². The fourth-order valence-corrected chi connectivity index (χ4v) is 4.71. The van der Waals surface area contributed by atoms with Crippen LogP contribution in [0, 0.1) is 16.7 Å². The van der Waals surface area contributed by atoms with Crippen molar-refractivity contribution >= 4 is 16.3 Å². The van der Waals surface area contributed by atoms with Crippen LogP contribution in [0.4, 0.5) is 0 Å². The second-order valence-corrected chi connectivity index (χ2v) is 8.38. The Morgan fingerprint density at radius 3 is 2.62 bits per heavy atom. The molecule has 0 aromatic carbocycles. The number of hydrogen-bond acceptors (Lipinski definition) is 3. The largest absolute Gasteiger partial charge is 0.313 e. The molecule has 0 aliphatic heterocycles. The van der Waals surface area contributed by atoms with Gasteiger partial charge in [-0.25, -0.2) is 4.98 Å². The van der Waals surface area contributed by atoms with Gasteiger partial charge in [-0.1, -0.05) is 34.6 Å². The number of nitrogens with zero attached hydrogens (tertiary/aromatic N) is 2. The summed E-state index contributed by atoms with van der Waals surface area (Å²) >= 11 is 1.71. The third kappa shape index (κ3) is 2.42. The van der Waals surface area contributed by atoms with E-state index in [2.05, 4.69) is 62.1 Å². The van der Waals surface area contributed by atoms with Gasteiger partial charge in [0, 0.05) is 30.2 Å². The summed E-state index contributed by atoms with van der Waals surface area (Å²) in [5.41, 5.74) is 2.04. The number of imidazole rings is 1. The van der Waals surface area contributed by atoms with Crippen LogP contribution < -0.4 is 5.32 Å². The minimum Gasteiger partial charge on any atom is -0.313 e. The van der Waals surface area contributed by atoms with E-state index in [4.69, 9.17) is 4.98 Å². The first-order chi connectivity index (χ1) is 9.88.